The van der Waals surface area contributed by atoms with E-state index in [0.29, 0.717) is 16.5 Å². The lowest BCUT2D eigenvalue weighted by molar-refractivity contribution is -0.151. The molecule has 9 heteroatoms. The van der Waals surface area contributed by atoms with Gasteiger partial charge in [-0.1, -0.05) is 83.9 Å². The molecule has 1 amide bonds. The molecule has 1 aliphatic heterocycles. The van der Waals surface area contributed by atoms with Gasteiger partial charge in [0.15, 0.2) is 12.2 Å². The third-order valence-electron chi connectivity index (χ3n) is 6.81. The molecule has 3 aromatic carbocycles. The van der Waals surface area contributed by atoms with Gasteiger partial charge in [0.05, 0.1) is 16.5 Å². The van der Waals surface area contributed by atoms with E-state index in [-0.39, 0.29) is 12.0 Å². The van der Waals surface area contributed by atoms with Crippen LogP contribution in [-0.2, 0) is 20.7 Å². The van der Waals surface area contributed by atoms with Crippen LogP contribution in [0.1, 0.15) is 30.4 Å². The maximum Gasteiger partial charge on any atom is 0.338 e. The van der Waals surface area contributed by atoms with Crippen LogP contribution in [0.5, 0.6) is 0 Å². The van der Waals surface area contributed by atoms with Gasteiger partial charge in [-0.15, -0.1) is 0 Å². The van der Waals surface area contributed by atoms with E-state index in [1.807, 2.05) is 67.6 Å². The number of aliphatic hydroxyl groups excluding tert-OH is 3. The lowest BCUT2D eigenvalue weighted by Crippen LogP contribution is -2.44. The van der Waals surface area contributed by atoms with Gasteiger partial charge in [0, 0.05) is 12.0 Å². The van der Waals surface area contributed by atoms with Crippen molar-refractivity contribution >= 4 is 35.1 Å². The SMILES string of the molecule is CC(NC(=O)CC(O)C1OC(=O)C(O)C1O)C(Cc1ccc(Cl)c(Cl)c1)c1ccc(-c2ccccc2)cc1. The largest absolute Gasteiger partial charge is 0.455 e. The summed E-state index contributed by atoms with van der Waals surface area (Å²) in [6.45, 7) is 1.87. The van der Waals surface area contributed by atoms with Crippen LogP contribution < -0.4 is 5.32 Å². The predicted octanol–water partition coefficient (Wildman–Crippen LogP) is 3.89. The average Bonchev–Trinajstić information content (AvgIpc) is 3.17. The van der Waals surface area contributed by atoms with Crippen molar-refractivity contribution in [3.63, 3.8) is 0 Å². The maximum absolute atomic E-state index is 12.8. The summed E-state index contributed by atoms with van der Waals surface area (Å²) in [5.41, 5.74) is 4.09. The van der Waals surface area contributed by atoms with Crippen molar-refractivity contribution in [3.05, 3.63) is 94.0 Å². The molecule has 200 valence electrons. The second kappa shape index (κ2) is 12.3. The second-order valence-electron chi connectivity index (χ2n) is 9.51. The Morgan fingerprint density at radius 3 is 2.24 bits per heavy atom. The topological polar surface area (TPSA) is 116 Å². The van der Waals surface area contributed by atoms with E-state index in [0.717, 1.165) is 22.3 Å². The Bertz CT molecular complexity index is 1270. The fourth-order valence-electron chi connectivity index (χ4n) is 4.68. The summed E-state index contributed by atoms with van der Waals surface area (Å²) >= 11 is 12.3. The van der Waals surface area contributed by atoms with Gasteiger partial charge in [-0.3, -0.25) is 4.79 Å². The van der Waals surface area contributed by atoms with Crippen LogP contribution in [0.15, 0.2) is 72.8 Å². The highest BCUT2D eigenvalue weighted by molar-refractivity contribution is 6.42. The Hall–Kier alpha value is -2.94. The molecule has 7 nitrogen and oxygen atoms in total. The number of benzene rings is 3. The van der Waals surface area contributed by atoms with Gasteiger partial charge in [-0.2, -0.15) is 0 Å². The van der Waals surface area contributed by atoms with E-state index in [4.69, 9.17) is 27.9 Å². The van der Waals surface area contributed by atoms with Gasteiger partial charge >= 0.3 is 5.97 Å². The molecule has 0 aromatic heterocycles. The fourth-order valence-corrected chi connectivity index (χ4v) is 5.00. The summed E-state index contributed by atoms with van der Waals surface area (Å²) in [5, 5.41) is 33.7. The zero-order chi connectivity index (χ0) is 27.4. The van der Waals surface area contributed by atoms with E-state index in [2.05, 4.69) is 5.32 Å². The minimum atomic E-state index is -1.74. The molecule has 6 unspecified atom stereocenters. The number of ether oxygens (including phenoxy) is 1. The van der Waals surface area contributed by atoms with Crippen molar-refractivity contribution in [2.24, 2.45) is 0 Å². The number of carbonyl (C=O) groups is 2. The lowest BCUT2D eigenvalue weighted by atomic mass is 9.85. The Balaban J connectivity index is 1.51. The van der Waals surface area contributed by atoms with E-state index in [9.17, 15) is 24.9 Å². The molecule has 0 bridgehead atoms. The third-order valence-corrected chi connectivity index (χ3v) is 7.54. The quantitative estimate of drug-likeness (QED) is 0.296. The Morgan fingerprint density at radius 1 is 0.974 bits per heavy atom. The number of rotatable bonds is 9. The van der Waals surface area contributed by atoms with Crippen LogP contribution in [0.2, 0.25) is 10.0 Å². The zero-order valence-electron chi connectivity index (χ0n) is 20.6. The van der Waals surface area contributed by atoms with Crippen LogP contribution in [0, 0.1) is 0 Å². The number of halogens is 2. The Morgan fingerprint density at radius 2 is 1.63 bits per heavy atom. The highest BCUT2D eigenvalue weighted by atomic mass is 35.5. The predicted molar refractivity (Wildman–Crippen MR) is 145 cm³/mol. The number of hydrogen-bond acceptors (Lipinski definition) is 6. The van der Waals surface area contributed by atoms with E-state index >= 15 is 0 Å². The molecule has 38 heavy (non-hydrogen) atoms. The first kappa shape index (κ1) is 28.1. The van der Waals surface area contributed by atoms with Crippen LogP contribution in [0.4, 0.5) is 0 Å². The van der Waals surface area contributed by atoms with Crippen molar-refractivity contribution in [3.8, 4) is 11.1 Å². The molecular weight excluding hydrogens is 529 g/mol. The van der Waals surface area contributed by atoms with Crippen molar-refractivity contribution in [1.82, 2.24) is 5.32 Å². The lowest BCUT2D eigenvalue weighted by Gasteiger charge is -2.27. The monoisotopic (exact) mass is 557 g/mol. The van der Waals surface area contributed by atoms with Crippen LogP contribution >= 0.6 is 23.2 Å². The molecule has 1 saturated heterocycles. The molecule has 1 fully saturated rings. The molecule has 6 atom stereocenters. The number of cyclic esters (lactones) is 1. The molecular formula is C29H29Cl2NO6. The van der Waals surface area contributed by atoms with E-state index in [1.165, 1.54) is 0 Å². The summed E-state index contributed by atoms with van der Waals surface area (Å²) in [6, 6.07) is 23.2. The first-order valence-corrected chi connectivity index (χ1v) is 13.0. The standard InChI is InChI=1S/C29H29Cl2NO6/c1-16(32-25(34)15-24(33)28-26(35)27(36)29(37)38-28)21(13-17-7-12-22(30)23(31)14-17)20-10-8-19(9-11-20)18-5-3-2-4-6-18/h2-12,14,16,21,24,26-28,33,35-36H,13,15H2,1H3,(H,32,34). The molecule has 4 N–H and O–H groups in total. The molecule has 1 heterocycles. The zero-order valence-corrected chi connectivity index (χ0v) is 22.1. The van der Waals surface area contributed by atoms with Gasteiger partial charge in [0.25, 0.3) is 0 Å². The molecule has 1 aliphatic rings. The van der Waals surface area contributed by atoms with Crippen molar-refractivity contribution in [2.45, 2.75) is 56.1 Å². The van der Waals surface area contributed by atoms with Gasteiger partial charge in [-0.05, 0) is 47.7 Å². The van der Waals surface area contributed by atoms with Gasteiger partial charge in [0.1, 0.15) is 12.2 Å². The highest BCUT2D eigenvalue weighted by Gasteiger charge is 2.46. The number of amides is 1. The van der Waals surface area contributed by atoms with Crippen molar-refractivity contribution in [1.29, 1.82) is 0 Å². The minimum absolute atomic E-state index is 0.158. The number of carbonyl (C=O) groups excluding carboxylic acids is 2. The molecule has 0 aliphatic carbocycles. The Labute approximate surface area is 231 Å². The molecule has 0 radical (unpaired) electrons. The van der Waals surface area contributed by atoms with Crippen LogP contribution in [0.25, 0.3) is 11.1 Å². The maximum atomic E-state index is 12.8. The van der Waals surface area contributed by atoms with Crippen LogP contribution in [0.3, 0.4) is 0 Å². The van der Waals surface area contributed by atoms with E-state index in [1.54, 1.807) is 12.1 Å². The van der Waals surface area contributed by atoms with Crippen molar-refractivity contribution < 1.29 is 29.6 Å². The summed E-state index contributed by atoms with van der Waals surface area (Å²) in [4.78, 5) is 24.3. The average molecular weight is 558 g/mol. The molecule has 0 spiro atoms. The molecule has 0 saturated carbocycles. The second-order valence-corrected chi connectivity index (χ2v) is 10.3. The van der Waals surface area contributed by atoms with Crippen molar-refractivity contribution in [2.75, 3.05) is 0 Å². The third kappa shape index (κ3) is 6.54. The normalized spacial score (nSPS) is 21.4. The van der Waals surface area contributed by atoms with Crippen LogP contribution in [-0.4, -0.2) is 57.7 Å². The smallest absolute Gasteiger partial charge is 0.338 e. The highest BCUT2D eigenvalue weighted by Crippen LogP contribution is 2.30. The van der Waals surface area contributed by atoms with Gasteiger partial charge < -0.3 is 25.4 Å². The van der Waals surface area contributed by atoms with Gasteiger partial charge in [-0.25, -0.2) is 4.79 Å². The summed E-state index contributed by atoms with van der Waals surface area (Å²) in [7, 11) is 0. The minimum Gasteiger partial charge on any atom is -0.455 e. The first-order valence-electron chi connectivity index (χ1n) is 12.3. The van der Waals surface area contributed by atoms with Gasteiger partial charge in [0.2, 0.25) is 5.91 Å². The number of aliphatic hydroxyl groups is 3. The van der Waals surface area contributed by atoms with E-state index < -0.39 is 42.7 Å². The summed E-state index contributed by atoms with van der Waals surface area (Å²) < 4.78 is 4.83. The summed E-state index contributed by atoms with van der Waals surface area (Å²) in [6.07, 6.45) is -6.07. The molecule has 3 aromatic rings. The summed E-state index contributed by atoms with van der Waals surface area (Å²) in [5.74, 6) is -1.68. The number of esters is 1. The fraction of sp³-hybridized carbons (Fsp3) is 0.310. The molecule has 4 rings (SSSR count). The number of nitrogens with one attached hydrogen (secondary N) is 1. The Kier molecular flexibility index (Phi) is 9.07. The first-order chi connectivity index (χ1) is 18.1. The number of hydrogen-bond donors (Lipinski definition) is 4.